The van der Waals surface area contributed by atoms with Crippen LogP contribution in [-0.2, 0) is 4.74 Å². The van der Waals surface area contributed by atoms with Crippen molar-refractivity contribution < 1.29 is 14.2 Å². The van der Waals surface area contributed by atoms with Gasteiger partial charge >= 0.3 is 0 Å². The molecule has 0 amide bonds. The van der Waals surface area contributed by atoms with Gasteiger partial charge in [-0.05, 0) is 20.8 Å². The van der Waals surface area contributed by atoms with Gasteiger partial charge in [0, 0.05) is 0 Å². The van der Waals surface area contributed by atoms with Crippen molar-refractivity contribution in [1.82, 2.24) is 0 Å². The van der Waals surface area contributed by atoms with Crippen molar-refractivity contribution in [2.45, 2.75) is 32.5 Å². The molecule has 0 aliphatic carbocycles. The zero-order valence-electron chi connectivity index (χ0n) is 6.72. The topological polar surface area (TPSA) is 29.5 Å². The van der Waals surface area contributed by atoms with Crippen molar-refractivity contribution in [2.75, 3.05) is 13.2 Å². The highest BCUT2D eigenvalue weighted by atomic mass is 19.1. The van der Waals surface area contributed by atoms with Crippen LogP contribution in [-0.4, -0.2) is 30.1 Å². The first-order chi connectivity index (χ1) is 4.45. The first-order valence-electron chi connectivity index (χ1n) is 3.34. The average molecular weight is 150 g/mol. The van der Waals surface area contributed by atoms with E-state index in [0.717, 1.165) is 0 Å². The van der Waals surface area contributed by atoms with E-state index >= 15 is 0 Å². The van der Waals surface area contributed by atoms with E-state index in [0.29, 0.717) is 0 Å². The van der Waals surface area contributed by atoms with Crippen molar-refractivity contribution in [2.24, 2.45) is 0 Å². The second-order valence-corrected chi connectivity index (χ2v) is 3.20. The molecule has 0 aliphatic rings. The zero-order valence-corrected chi connectivity index (χ0v) is 6.72. The molecule has 0 heterocycles. The van der Waals surface area contributed by atoms with E-state index in [1.165, 1.54) is 0 Å². The van der Waals surface area contributed by atoms with E-state index in [-0.39, 0.29) is 12.2 Å². The Morgan fingerprint density at radius 2 is 2.00 bits per heavy atom. The number of rotatable bonds is 3. The number of aliphatic hydroxyl groups is 1. The maximum absolute atomic E-state index is 12.3. The van der Waals surface area contributed by atoms with Crippen molar-refractivity contribution in [1.29, 1.82) is 0 Å². The van der Waals surface area contributed by atoms with Gasteiger partial charge in [0.05, 0.1) is 18.8 Å². The van der Waals surface area contributed by atoms with Gasteiger partial charge in [0.2, 0.25) is 0 Å². The fraction of sp³-hybridized carbons (Fsp3) is 1.00. The predicted octanol–water partition coefficient (Wildman–Crippen LogP) is 1.13. The third kappa shape index (κ3) is 5.98. The maximum Gasteiger partial charge on any atom is 0.146 e. The van der Waals surface area contributed by atoms with Crippen molar-refractivity contribution in [3.05, 3.63) is 0 Å². The lowest BCUT2D eigenvalue weighted by Crippen LogP contribution is -2.25. The van der Waals surface area contributed by atoms with E-state index in [1.54, 1.807) is 0 Å². The molecule has 0 rings (SSSR count). The van der Waals surface area contributed by atoms with Gasteiger partial charge in [-0.25, -0.2) is 4.39 Å². The Morgan fingerprint density at radius 1 is 1.50 bits per heavy atom. The molecule has 10 heavy (non-hydrogen) atoms. The highest BCUT2D eigenvalue weighted by Gasteiger charge is 2.13. The molecule has 0 saturated heterocycles. The van der Waals surface area contributed by atoms with Gasteiger partial charge < -0.3 is 9.84 Å². The number of hydrogen-bond donors (Lipinski definition) is 1. The Morgan fingerprint density at radius 3 is 2.30 bits per heavy atom. The number of aliphatic hydroxyl groups excluding tert-OH is 1. The van der Waals surface area contributed by atoms with Crippen molar-refractivity contribution >= 4 is 0 Å². The molecule has 62 valence electrons. The van der Waals surface area contributed by atoms with Crippen LogP contribution in [0.25, 0.3) is 0 Å². The van der Waals surface area contributed by atoms with Gasteiger partial charge in [-0.1, -0.05) is 0 Å². The fourth-order valence-electron chi connectivity index (χ4n) is 0.393. The number of halogens is 1. The quantitative estimate of drug-likeness (QED) is 0.653. The summed E-state index contributed by atoms with van der Waals surface area (Å²) in [7, 11) is 0. The van der Waals surface area contributed by atoms with Gasteiger partial charge in [-0.15, -0.1) is 0 Å². The number of hydrogen-bond acceptors (Lipinski definition) is 2. The summed E-state index contributed by atoms with van der Waals surface area (Å²) < 4.78 is 17.3. The van der Waals surface area contributed by atoms with Crippen LogP contribution in [0.1, 0.15) is 20.8 Å². The molecule has 2 nitrogen and oxygen atoms in total. The monoisotopic (exact) mass is 150 g/mol. The Balaban J connectivity index is 3.36. The summed E-state index contributed by atoms with van der Waals surface area (Å²) in [5.74, 6) is 0. The Kier molecular flexibility index (Phi) is 3.83. The summed E-state index contributed by atoms with van der Waals surface area (Å²) >= 11 is 0. The summed E-state index contributed by atoms with van der Waals surface area (Å²) in [4.78, 5) is 0. The molecular weight excluding hydrogens is 135 g/mol. The van der Waals surface area contributed by atoms with Crippen LogP contribution in [0, 0.1) is 0 Å². The molecule has 0 aromatic heterocycles. The van der Waals surface area contributed by atoms with Crippen LogP contribution >= 0.6 is 0 Å². The lowest BCUT2D eigenvalue weighted by atomic mass is 10.2. The summed E-state index contributed by atoms with van der Waals surface area (Å²) in [5, 5.41) is 8.28. The molecule has 3 heteroatoms. The molecule has 0 radical (unpaired) electrons. The van der Waals surface area contributed by atoms with Crippen LogP contribution in [0.2, 0.25) is 0 Å². The third-order valence-corrected chi connectivity index (χ3v) is 0.895. The Labute approximate surface area is 61.0 Å². The van der Waals surface area contributed by atoms with Gasteiger partial charge in [0.15, 0.2) is 0 Å². The van der Waals surface area contributed by atoms with Gasteiger partial charge in [-0.2, -0.15) is 0 Å². The molecule has 0 aromatic carbocycles. The third-order valence-electron chi connectivity index (χ3n) is 0.895. The highest BCUT2D eigenvalue weighted by Crippen LogP contribution is 2.07. The second kappa shape index (κ2) is 3.88. The lowest BCUT2D eigenvalue weighted by molar-refractivity contribution is -0.0386. The standard InChI is InChI=1S/C7H15FO2/c1-7(2,3)10-5-6(8)4-9/h6,9H,4-5H2,1-3H3/t6-/m1/s1. The SMILES string of the molecule is CC(C)(C)OC[C@H](F)CO. The zero-order chi connectivity index (χ0) is 8.20. The second-order valence-electron chi connectivity index (χ2n) is 3.20. The molecule has 1 atom stereocenters. The fourth-order valence-corrected chi connectivity index (χ4v) is 0.393. The molecular formula is C7H15FO2. The minimum atomic E-state index is -1.25. The molecule has 0 fully saturated rings. The minimum absolute atomic E-state index is 0.0278. The van der Waals surface area contributed by atoms with Crippen molar-refractivity contribution in [3.63, 3.8) is 0 Å². The smallest absolute Gasteiger partial charge is 0.146 e. The molecule has 0 bridgehead atoms. The molecule has 0 aromatic rings. The average Bonchev–Trinajstić information content (AvgIpc) is 1.81. The minimum Gasteiger partial charge on any atom is -0.393 e. The van der Waals surface area contributed by atoms with Crippen LogP contribution < -0.4 is 0 Å². The molecule has 0 spiro atoms. The number of alkyl halides is 1. The van der Waals surface area contributed by atoms with Gasteiger partial charge in [-0.3, -0.25) is 0 Å². The summed E-state index contributed by atoms with van der Waals surface area (Å²) in [6.07, 6.45) is -1.25. The summed E-state index contributed by atoms with van der Waals surface area (Å²) in [6.45, 7) is 5.04. The number of ether oxygens (including phenoxy) is 1. The van der Waals surface area contributed by atoms with Crippen LogP contribution in [0.4, 0.5) is 4.39 Å². The van der Waals surface area contributed by atoms with Crippen LogP contribution in [0.5, 0.6) is 0 Å². The highest BCUT2D eigenvalue weighted by molar-refractivity contribution is 4.61. The molecule has 0 aliphatic heterocycles. The maximum atomic E-state index is 12.3. The summed E-state index contributed by atoms with van der Waals surface area (Å²) in [5.41, 5.74) is -0.320. The Hall–Kier alpha value is -0.150. The van der Waals surface area contributed by atoms with E-state index < -0.39 is 12.8 Å². The van der Waals surface area contributed by atoms with E-state index in [9.17, 15) is 4.39 Å². The molecule has 0 saturated carbocycles. The first-order valence-corrected chi connectivity index (χ1v) is 3.34. The van der Waals surface area contributed by atoms with E-state index in [4.69, 9.17) is 9.84 Å². The van der Waals surface area contributed by atoms with Crippen LogP contribution in [0.15, 0.2) is 0 Å². The molecule has 0 unspecified atom stereocenters. The van der Waals surface area contributed by atoms with E-state index in [2.05, 4.69) is 0 Å². The lowest BCUT2D eigenvalue weighted by Gasteiger charge is -2.20. The Bertz CT molecular complexity index is 88.1. The van der Waals surface area contributed by atoms with Crippen LogP contribution in [0.3, 0.4) is 0 Å². The summed E-state index contributed by atoms with van der Waals surface area (Å²) in [6, 6.07) is 0. The van der Waals surface area contributed by atoms with E-state index in [1.807, 2.05) is 20.8 Å². The largest absolute Gasteiger partial charge is 0.393 e. The predicted molar refractivity (Wildman–Crippen MR) is 37.7 cm³/mol. The molecule has 1 N–H and O–H groups in total. The normalized spacial score (nSPS) is 15.3. The van der Waals surface area contributed by atoms with Crippen molar-refractivity contribution in [3.8, 4) is 0 Å². The van der Waals surface area contributed by atoms with Gasteiger partial charge in [0.1, 0.15) is 6.17 Å². The first kappa shape index (κ1) is 9.85. The van der Waals surface area contributed by atoms with Gasteiger partial charge in [0.25, 0.3) is 0 Å².